The van der Waals surface area contributed by atoms with Crippen LogP contribution in [0, 0.1) is 20.8 Å². The number of carbonyl (C=O) groups excluding carboxylic acids is 5. The highest BCUT2D eigenvalue weighted by atomic mass is 16.5. The van der Waals surface area contributed by atoms with Crippen LogP contribution in [0.25, 0.3) is 30.4 Å². The lowest BCUT2D eigenvalue weighted by molar-refractivity contribution is 0.103. The van der Waals surface area contributed by atoms with Crippen molar-refractivity contribution in [1.82, 2.24) is 0 Å². The average Bonchev–Trinajstić information content (AvgIpc) is 1.69. The van der Waals surface area contributed by atoms with Crippen molar-refractivity contribution in [3.63, 3.8) is 0 Å². The molecule has 10 aromatic carbocycles. The number of para-hydroxylation sites is 1. The summed E-state index contributed by atoms with van der Waals surface area (Å²) in [6.45, 7) is 5.49. The van der Waals surface area contributed by atoms with Crippen LogP contribution >= 0.6 is 0 Å². The third-order valence-corrected chi connectivity index (χ3v) is 13.2. The molecule has 0 bridgehead atoms. The Bertz CT molecular complexity index is 4190. The van der Waals surface area contributed by atoms with Crippen LogP contribution in [0.1, 0.15) is 96.3 Å². The maximum Gasteiger partial charge on any atom is 0.193 e. The van der Waals surface area contributed by atoms with Crippen LogP contribution < -0.4 is 4.74 Å². The Morgan fingerprint density at radius 1 is 0.297 bits per heavy atom. The topological polar surface area (TPSA) is 216 Å². The van der Waals surface area contributed by atoms with Gasteiger partial charge in [0.25, 0.3) is 0 Å². The Hall–Kier alpha value is -12.2. The van der Waals surface area contributed by atoms with E-state index < -0.39 is 5.78 Å². The number of hydrogen-bond acceptors (Lipinski definition) is 12. The second-order valence-corrected chi connectivity index (χ2v) is 20.1. The second-order valence-electron chi connectivity index (χ2n) is 20.1. The van der Waals surface area contributed by atoms with Crippen LogP contribution in [0.4, 0.5) is 0 Å². The zero-order chi connectivity index (χ0) is 65.5. The molecular weight excluding hydrogens is 1140 g/mol. The fraction of sp³-hybridized carbons (Fsp3) is 0.0506. The van der Waals surface area contributed by atoms with Gasteiger partial charge in [0.2, 0.25) is 0 Å². The van der Waals surface area contributed by atoms with Crippen LogP contribution in [0.15, 0.2) is 273 Å². The number of aryl methyl sites for hydroxylation is 3. The van der Waals surface area contributed by atoms with Crippen LogP contribution in [0.5, 0.6) is 40.2 Å². The van der Waals surface area contributed by atoms with Crippen molar-refractivity contribution in [3.8, 4) is 40.2 Å². The van der Waals surface area contributed by atoms with E-state index in [-0.39, 0.29) is 68.8 Å². The first-order valence-electron chi connectivity index (χ1n) is 28.5. The van der Waals surface area contributed by atoms with Gasteiger partial charge in [0.15, 0.2) is 40.4 Å². The maximum absolute atomic E-state index is 12.1. The van der Waals surface area contributed by atoms with E-state index >= 15 is 0 Å². The van der Waals surface area contributed by atoms with E-state index in [1.54, 1.807) is 86.9 Å². The summed E-state index contributed by atoms with van der Waals surface area (Å²) in [5, 5.41) is 57.7. The van der Waals surface area contributed by atoms with E-state index in [0.717, 1.165) is 38.9 Å². The van der Waals surface area contributed by atoms with Gasteiger partial charge in [-0.2, -0.15) is 0 Å². The Balaban J connectivity index is 0.000000181. The Morgan fingerprint density at radius 3 is 1.01 bits per heavy atom. The zero-order valence-corrected chi connectivity index (χ0v) is 50.5. The molecule has 6 N–H and O–H groups in total. The minimum absolute atomic E-state index is 0.00946. The van der Waals surface area contributed by atoms with E-state index in [4.69, 9.17) is 4.74 Å². The third-order valence-electron chi connectivity index (χ3n) is 13.2. The Morgan fingerprint density at radius 2 is 0.615 bits per heavy atom. The molecule has 12 heteroatoms. The number of benzene rings is 10. The highest BCUT2D eigenvalue weighted by Gasteiger charge is 2.15. The van der Waals surface area contributed by atoms with E-state index in [1.807, 2.05) is 190 Å². The molecule has 0 heterocycles. The lowest BCUT2D eigenvalue weighted by atomic mass is 10.0. The SMILES string of the molecule is COc1cc(C)ccc1C(=O)/C=C/c1ccccc1.Cc1ccc(C(=O)/C=C/c2ccccc2)c(O)c1.Cc1ccc(C(=O)/C=C/c2ccccc2)c(O)c1O.O=C(/C=C/c1ccccc1)c1c(O)cccc1O.O=C(/C=C/c1ccccc1)c1ccccc1O. The number of allylic oxidation sites excluding steroid dienone is 5. The molecule has 0 aromatic heterocycles. The molecule has 0 aliphatic rings. The molecule has 0 saturated carbocycles. The minimum atomic E-state index is -0.436. The van der Waals surface area contributed by atoms with Crippen molar-refractivity contribution in [1.29, 1.82) is 0 Å². The lowest BCUT2D eigenvalue weighted by Gasteiger charge is -2.06. The third kappa shape index (κ3) is 21.9. The molecule has 0 aliphatic carbocycles. The largest absolute Gasteiger partial charge is 0.507 e. The molecule has 12 nitrogen and oxygen atoms in total. The summed E-state index contributed by atoms with van der Waals surface area (Å²) in [4.78, 5) is 59.6. The van der Waals surface area contributed by atoms with E-state index in [9.17, 15) is 54.6 Å². The number of ether oxygens (including phenoxy) is 1. The Kier molecular flexibility index (Phi) is 26.5. The fourth-order valence-electron chi connectivity index (χ4n) is 8.32. The first-order valence-corrected chi connectivity index (χ1v) is 28.5. The molecule has 91 heavy (non-hydrogen) atoms. The summed E-state index contributed by atoms with van der Waals surface area (Å²) in [5.74, 6) is -1.66. The van der Waals surface area contributed by atoms with Crippen molar-refractivity contribution in [2.45, 2.75) is 20.8 Å². The molecule has 10 aromatic rings. The van der Waals surface area contributed by atoms with Crippen molar-refractivity contribution >= 4 is 59.3 Å². The predicted octanol–water partition coefficient (Wildman–Crippen LogP) is 17.1. The van der Waals surface area contributed by atoms with E-state index in [2.05, 4.69) is 0 Å². The number of phenols is 6. The number of carbonyl (C=O) groups is 5. The molecule has 0 spiro atoms. The van der Waals surface area contributed by atoms with Gasteiger partial charge in [-0.1, -0.05) is 218 Å². The van der Waals surface area contributed by atoms with Gasteiger partial charge in [0, 0.05) is 0 Å². The minimum Gasteiger partial charge on any atom is -0.507 e. The number of rotatable bonds is 16. The molecule has 0 amide bonds. The van der Waals surface area contributed by atoms with Crippen LogP contribution in [0.2, 0.25) is 0 Å². The number of hydrogen-bond donors (Lipinski definition) is 6. The van der Waals surface area contributed by atoms with E-state index in [0.29, 0.717) is 28.0 Å². The summed E-state index contributed by atoms with van der Waals surface area (Å²) in [6.07, 6.45) is 15.8. The van der Waals surface area contributed by atoms with Crippen molar-refractivity contribution in [2.75, 3.05) is 7.11 Å². The normalized spacial score (nSPS) is 10.7. The zero-order valence-electron chi connectivity index (χ0n) is 50.5. The summed E-state index contributed by atoms with van der Waals surface area (Å²) >= 11 is 0. The van der Waals surface area contributed by atoms with Gasteiger partial charge < -0.3 is 35.4 Å². The summed E-state index contributed by atoms with van der Waals surface area (Å²) < 4.78 is 5.24. The smallest absolute Gasteiger partial charge is 0.193 e. The van der Waals surface area contributed by atoms with Crippen LogP contribution in [-0.4, -0.2) is 66.7 Å². The quantitative estimate of drug-likeness (QED) is 0.0303. The fourth-order valence-corrected chi connectivity index (χ4v) is 8.32. The van der Waals surface area contributed by atoms with E-state index in [1.165, 1.54) is 54.6 Å². The van der Waals surface area contributed by atoms with Gasteiger partial charge >= 0.3 is 0 Å². The van der Waals surface area contributed by atoms with Crippen molar-refractivity contribution in [3.05, 3.63) is 345 Å². The summed E-state index contributed by atoms with van der Waals surface area (Å²) in [5.41, 5.74) is 8.45. The van der Waals surface area contributed by atoms with Gasteiger partial charge in [-0.05, 0) is 150 Å². The molecule has 456 valence electrons. The van der Waals surface area contributed by atoms with Crippen molar-refractivity contribution in [2.24, 2.45) is 0 Å². The number of methoxy groups -OCH3 is 1. The first-order chi connectivity index (χ1) is 43.9. The maximum atomic E-state index is 12.1. The standard InChI is InChI=1S/C17H16O2.C16H14O3.C16H14O2.C15H12O3.C15H12O2/c1-13-8-10-15(17(12-13)19-2)16(18)11-9-14-6-4-3-5-7-14;1-11-7-9-13(16(19)15(11)18)14(17)10-8-12-5-3-2-4-6-12;1-12-7-9-14(16(18)11-12)15(17)10-8-13-5-3-2-4-6-13;16-12-7-4-8-13(17)15(12)14(18)10-9-11-5-2-1-3-6-11;16-14-9-5-4-8-13(14)15(17)11-10-12-6-2-1-3-7-12/h3-12H,1-2H3;2-10,18-19H,1H3;2-11,18H,1H3;1-10,16-17H;1-11,16H/b11-9+;2*10-8+;10-9+;11-10+. The summed E-state index contributed by atoms with van der Waals surface area (Å²) in [6, 6.07) is 72.0. The van der Waals surface area contributed by atoms with Gasteiger partial charge in [0.1, 0.15) is 34.3 Å². The Labute approximate surface area is 529 Å². The first kappa shape index (κ1) is 68.0. The molecule has 0 unspecified atom stereocenters. The molecule has 0 atom stereocenters. The number of aromatic hydroxyl groups is 6. The highest BCUT2D eigenvalue weighted by Crippen LogP contribution is 2.33. The molecular formula is C79H68O12. The predicted molar refractivity (Wildman–Crippen MR) is 362 cm³/mol. The molecule has 0 radical (unpaired) electrons. The average molecular weight is 1210 g/mol. The second kappa shape index (κ2) is 35.5. The lowest BCUT2D eigenvalue weighted by Crippen LogP contribution is -1.99. The number of ketones is 5. The van der Waals surface area contributed by atoms with Crippen molar-refractivity contribution < 1.29 is 59.3 Å². The molecule has 0 fully saturated rings. The van der Waals surface area contributed by atoms with Gasteiger partial charge in [-0.15, -0.1) is 0 Å². The van der Waals surface area contributed by atoms with Gasteiger partial charge in [-0.3, -0.25) is 24.0 Å². The van der Waals surface area contributed by atoms with Gasteiger partial charge in [-0.25, -0.2) is 0 Å². The highest BCUT2D eigenvalue weighted by molar-refractivity contribution is 6.12. The molecule has 0 aliphatic heterocycles. The monoisotopic (exact) mass is 1210 g/mol. The molecule has 10 rings (SSSR count). The van der Waals surface area contributed by atoms with Crippen LogP contribution in [-0.2, 0) is 0 Å². The van der Waals surface area contributed by atoms with Crippen LogP contribution in [0.3, 0.4) is 0 Å². The number of phenolic OH excluding ortho intramolecular Hbond substituents is 6. The van der Waals surface area contributed by atoms with Gasteiger partial charge in [0.05, 0.1) is 29.4 Å². The summed E-state index contributed by atoms with van der Waals surface area (Å²) in [7, 11) is 1.58. The molecule has 0 saturated heterocycles.